The second kappa shape index (κ2) is 6.84. The highest BCUT2D eigenvalue weighted by Crippen LogP contribution is 2.31. The van der Waals surface area contributed by atoms with E-state index in [0.29, 0.717) is 11.4 Å². The lowest BCUT2D eigenvalue weighted by Crippen LogP contribution is -2.48. The van der Waals surface area contributed by atoms with Crippen molar-refractivity contribution < 1.29 is 14.6 Å². The Morgan fingerprint density at radius 2 is 2.13 bits per heavy atom. The van der Waals surface area contributed by atoms with E-state index in [2.05, 4.69) is 9.88 Å². The highest BCUT2D eigenvalue weighted by atomic mass is 16.5. The van der Waals surface area contributed by atoms with E-state index in [9.17, 15) is 9.90 Å². The second-order valence-corrected chi connectivity index (χ2v) is 6.42. The third-order valence-corrected chi connectivity index (χ3v) is 5.17. The molecule has 0 unspecified atom stereocenters. The molecule has 0 spiro atoms. The largest absolute Gasteiger partial charge is 0.480 e. The van der Waals surface area contributed by atoms with Gasteiger partial charge in [0.2, 0.25) is 5.88 Å². The molecule has 0 radical (unpaired) electrons. The lowest BCUT2D eigenvalue weighted by atomic mass is 10.1. The summed E-state index contributed by atoms with van der Waals surface area (Å²) in [5.74, 6) is 0.175. The van der Waals surface area contributed by atoms with Crippen LogP contribution >= 0.6 is 0 Å². The molecule has 2 heterocycles. The summed E-state index contributed by atoms with van der Waals surface area (Å²) in [6.07, 6.45) is 5.28. The van der Waals surface area contributed by atoms with Crippen molar-refractivity contribution in [2.75, 3.05) is 27.2 Å². The molecular formula is C17H25N3O3. The summed E-state index contributed by atoms with van der Waals surface area (Å²) in [6.45, 7) is 2.12. The first-order valence-corrected chi connectivity index (χ1v) is 8.31. The van der Waals surface area contributed by atoms with Gasteiger partial charge in [-0.3, -0.25) is 9.69 Å². The van der Waals surface area contributed by atoms with Crippen LogP contribution in [-0.2, 0) is 0 Å². The van der Waals surface area contributed by atoms with Gasteiger partial charge in [0, 0.05) is 19.3 Å². The van der Waals surface area contributed by atoms with Gasteiger partial charge in [0.25, 0.3) is 5.91 Å². The number of nitrogens with zero attached hydrogens (tertiary/aromatic N) is 3. The third kappa shape index (κ3) is 3.05. The van der Waals surface area contributed by atoms with Gasteiger partial charge in [0.1, 0.15) is 5.56 Å². The molecular weight excluding hydrogens is 294 g/mol. The molecule has 23 heavy (non-hydrogen) atoms. The Morgan fingerprint density at radius 1 is 1.39 bits per heavy atom. The summed E-state index contributed by atoms with van der Waals surface area (Å²) in [5, 5.41) is 10.7. The van der Waals surface area contributed by atoms with Crippen LogP contribution < -0.4 is 4.74 Å². The molecule has 1 amide bonds. The maximum Gasteiger partial charge on any atom is 0.259 e. The number of ether oxygens (including phenoxy) is 1. The van der Waals surface area contributed by atoms with Gasteiger partial charge in [-0.2, -0.15) is 0 Å². The molecule has 1 aromatic heterocycles. The van der Waals surface area contributed by atoms with Gasteiger partial charge in [-0.25, -0.2) is 4.98 Å². The zero-order valence-corrected chi connectivity index (χ0v) is 13.8. The molecule has 3 rings (SSSR count). The Bertz CT molecular complexity index is 560. The Labute approximate surface area is 137 Å². The number of hydrogen-bond acceptors (Lipinski definition) is 5. The van der Waals surface area contributed by atoms with Crippen molar-refractivity contribution in [2.45, 2.75) is 43.9 Å². The summed E-state index contributed by atoms with van der Waals surface area (Å²) in [6, 6.07) is 3.46. The number of aliphatic hydroxyl groups excluding tert-OH is 1. The molecule has 126 valence electrons. The number of likely N-dealkylation sites (N-methyl/N-ethyl adjacent to an activating group) is 1. The van der Waals surface area contributed by atoms with Crippen molar-refractivity contribution in [2.24, 2.45) is 0 Å². The van der Waals surface area contributed by atoms with Crippen LogP contribution in [0.25, 0.3) is 0 Å². The molecule has 1 N–H and O–H groups in total. The van der Waals surface area contributed by atoms with Crippen LogP contribution in [-0.4, -0.2) is 71.2 Å². The fourth-order valence-corrected chi connectivity index (χ4v) is 3.89. The summed E-state index contributed by atoms with van der Waals surface area (Å²) in [5.41, 5.74) is 0.439. The topological polar surface area (TPSA) is 65.9 Å². The van der Waals surface area contributed by atoms with Crippen LogP contribution in [0.1, 0.15) is 36.0 Å². The Balaban J connectivity index is 1.72. The van der Waals surface area contributed by atoms with Crippen LogP contribution in [0.2, 0.25) is 0 Å². The number of carbonyl (C=O) groups is 1. The Hall–Kier alpha value is -1.66. The number of carbonyl (C=O) groups excluding carboxylic acids is 1. The minimum absolute atomic E-state index is 0.152. The van der Waals surface area contributed by atoms with Crippen molar-refractivity contribution in [1.29, 1.82) is 0 Å². The fraction of sp³-hybridized carbons (Fsp3) is 0.647. The number of amides is 1. The molecule has 0 bridgehead atoms. The average Bonchev–Trinajstić information content (AvgIpc) is 3.22. The first-order valence-electron chi connectivity index (χ1n) is 8.31. The minimum Gasteiger partial charge on any atom is -0.480 e. The molecule has 0 aromatic carbocycles. The predicted octanol–water partition coefficient (Wildman–Crippen LogP) is 1.15. The number of rotatable bonds is 4. The maximum absolute atomic E-state index is 12.8. The van der Waals surface area contributed by atoms with Gasteiger partial charge in [-0.05, 0) is 50.9 Å². The quantitative estimate of drug-likeness (QED) is 0.902. The van der Waals surface area contributed by atoms with Crippen LogP contribution in [0.5, 0.6) is 5.88 Å². The summed E-state index contributed by atoms with van der Waals surface area (Å²) < 4.78 is 5.18. The van der Waals surface area contributed by atoms with Gasteiger partial charge in [0.05, 0.1) is 19.3 Å². The number of aromatic nitrogens is 1. The molecule has 6 nitrogen and oxygen atoms in total. The highest BCUT2D eigenvalue weighted by Gasteiger charge is 2.42. The number of likely N-dealkylation sites (tertiary alicyclic amines) is 1. The average molecular weight is 319 g/mol. The highest BCUT2D eigenvalue weighted by molar-refractivity contribution is 5.96. The standard InChI is InChI=1S/C17H25N3O3/c1-19(17(22)12-6-5-9-18-16(12)23-2)13-7-8-14(15(13)21)20-10-3-4-11-20/h5-6,9,13-15,21H,3-4,7-8,10-11H2,1-2H3/t13-,14-,15-/m1/s1. The monoisotopic (exact) mass is 319 g/mol. The maximum atomic E-state index is 12.8. The van der Waals surface area contributed by atoms with E-state index in [0.717, 1.165) is 25.9 Å². The van der Waals surface area contributed by atoms with E-state index in [-0.39, 0.29) is 18.0 Å². The summed E-state index contributed by atoms with van der Waals surface area (Å²) >= 11 is 0. The van der Waals surface area contributed by atoms with E-state index in [1.54, 1.807) is 30.3 Å². The molecule has 2 fully saturated rings. The van der Waals surface area contributed by atoms with Crippen LogP contribution in [0.3, 0.4) is 0 Å². The van der Waals surface area contributed by atoms with Crippen LogP contribution in [0.4, 0.5) is 0 Å². The smallest absolute Gasteiger partial charge is 0.259 e. The van der Waals surface area contributed by atoms with E-state index < -0.39 is 6.10 Å². The first kappa shape index (κ1) is 16.2. The van der Waals surface area contributed by atoms with Crippen molar-refractivity contribution in [1.82, 2.24) is 14.8 Å². The Kier molecular flexibility index (Phi) is 4.82. The third-order valence-electron chi connectivity index (χ3n) is 5.17. The van der Waals surface area contributed by atoms with Gasteiger partial charge in [0.15, 0.2) is 0 Å². The Morgan fingerprint density at radius 3 is 2.83 bits per heavy atom. The molecule has 1 aliphatic heterocycles. The van der Waals surface area contributed by atoms with Gasteiger partial charge in [-0.1, -0.05) is 0 Å². The SMILES string of the molecule is COc1ncccc1C(=O)N(C)[C@@H]1CC[C@@H](N2CCCC2)[C@@H]1O. The molecule has 1 saturated heterocycles. The van der Waals surface area contributed by atoms with Gasteiger partial charge < -0.3 is 14.7 Å². The zero-order valence-electron chi connectivity index (χ0n) is 13.8. The van der Waals surface area contributed by atoms with E-state index in [1.807, 2.05) is 0 Å². The predicted molar refractivity (Wildman–Crippen MR) is 86.5 cm³/mol. The number of pyridine rings is 1. The summed E-state index contributed by atoms with van der Waals surface area (Å²) in [7, 11) is 3.27. The number of hydrogen-bond donors (Lipinski definition) is 1. The summed E-state index contributed by atoms with van der Waals surface area (Å²) in [4.78, 5) is 20.9. The lowest BCUT2D eigenvalue weighted by Gasteiger charge is -2.32. The van der Waals surface area contributed by atoms with Crippen LogP contribution in [0.15, 0.2) is 18.3 Å². The zero-order chi connectivity index (χ0) is 16.4. The van der Waals surface area contributed by atoms with Crippen molar-refractivity contribution >= 4 is 5.91 Å². The fourth-order valence-electron chi connectivity index (χ4n) is 3.89. The minimum atomic E-state index is -0.496. The lowest BCUT2D eigenvalue weighted by molar-refractivity contribution is 0.0294. The van der Waals surface area contributed by atoms with Crippen molar-refractivity contribution in [3.63, 3.8) is 0 Å². The first-order chi connectivity index (χ1) is 11.1. The molecule has 1 saturated carbocycles. The second-order valence-electron chi connectivity index (χ2n) is 6.42. The van der Waals surface area contributed by atoms with Gasteiger partial charge >= 0.3 is 0 Å². The molecule has 3 atom stereocenters. The van der Waals surface area contributed by atoms with Crippen molar-refractivity contribution in [3.8, 4) is 5.88 Å². The normalized spacial score (nSPS) is 28.0. The van der Waals surface area contributed by atoms with Gasteiger partial charge in [-0.15, -0.1) is 0 Å². The van der Waals surface area contributed by atoms with Crippen LogP contribution in [0, 0.1) is 0 Å². The van der Waals surface area contributed by atoms with Crippen molar-refractivity contribution in [3.05, 3.63) is 23.9 Å². The molecule has 1 aliphatic carbocycles. The number of methoxy groups -OCH3 is 1. The molecule has 2 aliphatic rings. The number of aliphatic hydroxyl groups is 1. The van der Waals surface area contributed by atoms with E-state index >= 15 is 0 Å². The van der Waals surface area contributed by atoms with E-state index in [4.69, 9.17) is 4.74 Å². The van der Waals surface area contributed by atoms with E-state index in [1.165, 1.54) is 20.0 Å². The molecule has 1 aromatic rings. The molecule has 6 heteroatoms.